The highest BCUT2D eigenvalue weighted by Gasteiger charge is 2.49. The van der Waals surface area contributed by atoms with Gasteiger partial charge in [0.25, 0.3) is 0 Å². The van der Waals surface area contributed by atoms with E-state index in [1.807, 2.05) is 54.4 Å². The average molecular weight is 627 g/mol. The Balaban J connectivity index is 1.25. The molecule has 2 fully saturated rings. The maximum atomic E-state index is 14.6. The molecule has 1 aliphatic carbocycles. The van der Waals surface area contributed by atoms with E-state index in [9.17, 15) is 14.4 Å². The molecule has 3 aliphatic rings. The number of hydrogen-bond acceptors (Lipinski definition) is 4. The lowest BCUT2D eigenvalue weighted by atomic mass is 9.73. The van der Waals surface area contributed by atoms with Crippen molar-refractivity contribution in [2.45, 2.75) is 81.7 Å². The minimum atomic E-state index is -0.712. The van der Waals surface area contributed by atoms with E-state index in [1.54, 1.807) is 4.90 Å². The molecular weight excluding hydrogens is 576 g/mol. The number of nitrogens with one attached hydrogen (secondary N) is 3. The van der Waals surface area contributed by atoms with Gasteiger partial charge in [-0.15, -0.1) is 0 Å². The summed E-state index contributed by atoms with van der Waals surface area (Å²) in [4.78, 5) is 50.8. The number of likely N-dealkylation sites (N-methyl/N-ethyl adjacent to an activating group) is 1. The Hall–Kier alpha value is -3.85. The lowest BCUT2D eigenvalue weighted by molar-refractivity contribution is -0.136. The van der Waals surface area contributed by atoms with Crippen molar-refractivity contribution in [3.05, 3.63) is 71.4 Å². The van der Waals surface area contributed by atoms with Gasteiger partial charge in [-0.1, -0.05) is 56.3 Å². The van der Waals surface area contributed by atoms with Crippen molar-refractivity contribution in [1.29, 1.82) is 0 Å². The molecule has 6 rings (SSSR count). The predicted octanol–water partition coefficient (Wildman–Crippen LogP) is 4.95. The van der Waals surface area contributed by atoms with E-state index in [4.69, 9.17) is 0 Å². The number of H-pyrrole nitrogens is 1. The van der Waals surface area contributed by atoms with Crippen molar-refractivity contribution >= 4 is 28.7 Å². The van der Waals surface area contributed by atoms with Gasteiger partial charge in [0, 0.05) is 74.7 Å². The fourth-order valence-corrected chi connectivity index (χ4v) is 8.31. The molecule has 4 atom stereocenters. The number of carbonyl (C=O) groups excluding carboxylic acids is 3. The summed E-state index contributed by atoms with van der Waals surface area (Å²) in [6.07, 6.45) is 7.21. The molecule has 9 heteroatoms. The smallest absolute Gasteiger partial charge is 0.318 e. The molecule has 4 amide bonds. The van der Waals surface area contributed by atoms with Gasteiger partial charge in [0.1, 0.15) is 6.04 Å². The van der Waals surface area contributed by atoms with Crippen molar-refractivity contribution in [2.75, 3.05) is 46.8 Å². The molecule has 1 aromatic heterocycles. The number of rotatable bonds is 8. The molecule has 2 aromatic carbocycles. The van der Waals surface area contributed by atoms with Crippen LogP contribution in [0.4, 0.5) is 4.79 Å². The second kappa shape index (κ2) is 13.5. The first-order chi connectivity index (χ1) is 22.2. The molecule has 3 unspecified atom stereocenters. The predicted molar refractivity (Wildman–Crippen MR) is 182 cm³/mol. The van der Waals surface area contributed by atoms with Crippen molar-refractivity contribution in [2.24, 2.45) is 0 Å². The van der Waals surface area contributed by atoms with Crippen molar-refractivity contribution in [3.8, 4) is 0 Å². The van der Waals surface area contributed by atoms with Crippen LogP contribution in [0.3, 0.4) is 0 Å². The number of piperidine rings is 2. The Bertz CT molecular complexity index is 1550. The summed E-state index contributed by atoms with van der Waals surface area (Å²) in [6, 6.07) is 15.7. The number of hydrogen-bond donors (Lipinski definition) is 3. The Morgan fingerprint density at radius 3 is 2.52 bits per heavy atom. The molecule has 0 saturated carbocycles. The Kier molecular flexibility index (Phi) is 9.41. The van der Waals surface area contributed by atoms with E-state index in [2.05, 4.69) is 53.7 Å². The second-order valence-electron chi connectivity index (χ2n) is 13.9. The zero-order chi connectivity index (χ0) is 32.4. The highest BCUT2D eigenvalue weighted by molar-refractivity contribution is 5.91. The van der Waals surface area contributed by atoms with E-state index in [0.717, 1.165) is 73.6 Å². The molecule has 46 heavy (non-hydrogen) atoms. The summed E-state index contributed by atoms with van der Waals surface area (Å²) in [6.45, 7) is 7.73. The van der Waals surface area contributed by atoms with Crippen LogP contribution in [-0.4, -0.2) is 96.4 Å². The minimum Gasteiger partial charge on any atom is -0.361 e. The number of aromatic nitrogens is 1. The molecule has 3 heterocycles. The number of fused-ring (bicyclic) bond motifs is 3. The summed E-state index contributed by atoms with van der Waals surface area (Å²) in [5.41, 5.74) is 4.31. The SMILES string of the molecule is CCCN(C(=O)NC(C(=O)N1CCC2(CC1)C[C@@H](C(=O)N(C)C)c1ccccc12)C(C)c1c[nH]c2ccccc12)C1CCCNC1. The number of aromatic amines is 1. The van der Waals surface area contributed by atoms with Crippen LogP contribution in [-0.2, 0) is 15.0 Å². The van der Waals surface area contributed by atoms with Gasteiger partial charge in [-0.25, -0.2) is 4.79 Å². The third-order valence-electron chi connectivity index (χ3n) is 10.9. The quantitative estimate of drug-likeness (QED) is 0.330. The number of likely N-dealkylation sites (tertiary alicyclic amines) is 1. The Morgan fingerprint density at radius 2 is 1.80 bits per heavy atom. The Morgan fingerprint density at radius 1 is 1.07 bits per heavy atom. The van der Waals surface area contributed by atoms with Gasteiger partial charge in [0.05, 0.1) is 5.92 Å². The van der Waals surface area contributed by atoms with E-state index in [-0.39, 0.29) is 41.1 Å². The van der Waals surface area contributed by atoms with Gasteiger partial charge >= 0.3 is 6.03 Å². The number of urea groups is 1. The Labute approximate surface area is 273 Å². The topological polar surface area (TPSA) is 101 Å². The molecule has 1 spiro atoms. The molecule has 0 bridgehead atoms. The summed E-state index contributed by atoms with van der Waals surface area (Å²) >= 11 is 0. The molecule has 3 aromatic rings. The summed E-state index contributed by atoms with van der Waals surface area (Å²) < 4.78 is 0. The molecular formula is C37H50N6O3. The van der Waals surface area contributed by atoms with Crippen LogP contribution in [0.2, 0.25) is 0 Å². The van der Waals surface area contributed by atoms with Gasteiger partial charge in [-0.2, -0.15) is 0 Å². The standard InChI is InChI=1S/C37H50N6O3/c1-5-19-43(26-11-10-18-38-23-26)36(46)40-33(25(2)30-24-39-32-15-9-7-13-28(30)32)35(45)42-20-16-37(17-21-42)22-29(34(44)41(3)4)27-12-6-8-14-31(27)37/h6-9,12-15,24-26,29,33,38-39H,5,10-11,16-23H2,1-4H3,(H,40,46)/t25?,26?,29-,33?/m1/s1. The first-order valence-electron chi connectivity index (χ1n) is 17.2. The van der Waals surface area contributed by atoms with Crippen molar-refractivity contribution < 1.29 is 14.4 Å². The average Bonchev–Trinajstić information content (AvgIpc) is 3.65. The summed E-state index contributed by atoms with van der Waals surface area (Å²) in [5.74, 6) is -0.290. The van der Waals surface area contributed by atoms with Crippen molar-refractivity contribution in [1.82, 2.24) is 30.3 Å². The molecule has 2 aliphatic heterocycles. The number of para-hydroxylation sites is 1. The van der Waals surface area contributed by atoms with Crippen LogP contribution in [0, 0.1) is 0 Å². The number of carbonyl (C=O) groups is 3. The largest absolute Gasteiger partial charge is 0.361 e. The minimum absolute atomic E-state index is 0.0357. The lowest BCUT2D eigenvalue weighted by Crippen LogP contribution is -2.59. The summed E-state index contributed by atoms with van der Waals surface area (Å²) in [5, 5.41) is 7.78. The fourth-order valence-electron chi connectivity index (χ4n) is 8.31. The molecule has 3 N–H and O–H groups in total. The highest BCUT2D eigenvalue weighted by Crippen LogP contribution is 2.52. The first-order valence-corrected chi connectivity index (χ1v) is 17.2. The van der Waals surface area contributed by atoms with Crippen LogP contribution in [0.15, 0.2) is 54.7 Å². The van der Waals surface area contributed by atoms with Crippen LogP contribution in [0.25, 0.3) is 10.9 Å². The first kappa shape index (κ1) is 32.1. The van der Waals surface area contributed by atoms with Crippen LogP contribution >= 0.6 is 0 Å². The normalized spacial score (nSPS) is 21.9. The van der Waals surface area contributed by atoms with Gasteiger partial charge < -0.3 is 30.3 Å². The number of nitrogens with zero attached hydrogens (tertiary/aromatic N) is 3. The molecule has 0 radical (unpaired) electrons. The lowest BCUT2D eigenvalue weighted by Gasteiger charge is -2.42. The van der Waals surface area contributed by atoms with Crippen LogP contribution in [0.5, 0.6) is 0 Å². The maximum absolute atomic E-state index is 14.6. The number of benzene rings is 2. The van der Waals surface area contributed by atoms with Gasteiger partial charge in [-0.05, 0) is 67.8 Å². The van der Waals surface area contributed by atoms with Gasteiger partial charge in [0.2, 0.25) is 11.8 Å². The third kappa shape index (κ3) is 6.01. The van der Waals surface area contributed by atoms with Crippen LogP contribution < -0.4 is 10.6 Å². The molecule has 246 valence electrons. The third-order valence-corrected chi connectivity index (χ3v) is 10.9. The molecule has 9 nitrogen and oxygen atoms in total. The molecule has 2 saturated heterocycles. The van der Waals surface area contributed by atoms with E-state index < -0.39 is 6.04 Å². The fraction of sp³-hybridized carbons (Fsp3) is 0.541. The van der Waals surface area contributed by atoms with Crippen molar-refractivity contribution in [3.63, 3.8) is 0 Å². The zero-order valence-corrected chi connectivity index (χ0v) is 27.9. The zero-order valence-electron chi connectivity index (χ0n) is 27.9. The van der Waals surface area contributed by atoms with E-state index >= 15 is 0 Å². The van der Waals surface area contributed by atoms with E-state index in [0.29, 0.717) is 19.6 Å². The summed E-state index contributed by atoms with van der Waals surface area (Å²) in [7, 11) is 3.65. The van der Waals surface area contributed by atoms with Crippen LogP contribution in [0.1, 0.15) is 80.9 Å². The van der Waals surface area contributed by atoms with E-state index in [1.165, 1.54) is 5.56 Å². The second-order valence-corrected chi connectivity index (χ2v) is 13.9. The monoisotopic (exact) mass is 626 g/mol. The number of amides is 4. The van der Waals surface area contributed by atoms with Gasteiger partial charge in [-0.3, -0.25) is 9.59 Å². The van der Waals surface area contributed by atoms with Gasteiger partial charge in [0.15, 0.2) is 0 Å². The highest BCUT2D eigenvalue weighted by atomic mass is 16.2. The maximum Gasteiger partial charge on any atom is 0.318 e.